The van der Waals surface area contributed by atoms with Crippen LogP contribution in [0, 0.1) is 0 Å². The molecule has 0 fully saturated rings. The Morgan fingerprint density at radius 3 is 2.90 bits per heavy atom. The van der Waals surface area contributed by atoms with Crippen LogP contribution in [-0.2, 0) is 4.74 Å². The third-order valence-electron chi connectivity index (χ3n) is 2.70. The summed E-state index contributed by atoms with van der Waals surface area (Å²) >= 11 is 0. The molecular weight excluding hydrogens is 260 g/mol. The van der Waals surface area contributed by atoms with Crippen LogP contribution in [0.2, 0.25) is 0 Å². The molecule has 8 heteroatoms. The van der Waals surface area contributed by atoms with Gasteiger partial charge in [-0.05, 0) is 12.1 Å². The molecule has 0 saturated carbocycles. The molecule has 3 aromatic rings. The molecule has 0 aliphatic rings. The van der Waals surface area contributed by atoms with Gasteiger partial charge >= 0.3 is 5.97 Å². The van der Waals surface area contributed by atoms with Crippen molar-refractivity contribution in [1.29, 1.82) is 0 Å². The number of nitrogens with zero attached hydrogens (tertiary/aromatic N) is 5. The van der Waals surface area contributed by atoms with Crippen molar-refractivity contribution in [2.75, 3.05) is 12.8 Å². The van der Waals surface area contributed by atoms with Crippen LogP contribution in [0.1, 0.15) is 10.4 Å². The van der Waals surface area contributed by atoms with Gasteiger partial charge in [0.25, 0.3) is 5.78 Å². The quantitative estimate of drug-likeness (QED) is 0.677. The molecule has 8 nitrogen and oxygen atoms in total. The fourth-order valence-corrected chi connectivity index (χ4v) is 1.72. The summed E-state index contributed by atoms with van der Waals surface area (Å²) in [6.07, 6.45) is 2.95. The van der Waals surface area contributed by atoms with Crippen molar-refractivity contribution in [1.82, 2.24) is 24.6 Å². The van der Waals surface area contributed by atoms with Gasteiger partial charge in [-0.1, -0.05) is 6.07 Å². The SMILES string of the molecule is COC(=O)c1cnc2nc(-c3ccccn3)nn2c1N. The number of fused-ring (bicyclic) bond motifs is 1. The Morgan fingerprint density at radius 2 is 2.20 bits per heavy atom. The molecule has 3 heterocycles. The normalized spacial score (nSPS) is 10.7. The molecule has 0 spiro atoms. The highest BCUT2D eigenvalue weighted by Gasteiger charge is 2.17. The fourth-order valence-electron chi connectivity index (χ4n) is 1.72. The van der Waals surface area contributed by atoms with Gasteiger partial charge in [0.1, 0.15) is 17.1 Å². The van der Waals surface area contributed by atoms with Gasteiger partial charge in [-0.25, -0.2) is 9.78 Å². The predicted molar refractivity (Wildman–Crippen MR) is 69.8 cm³/mol. The van der Waals surface area contributed by atoms with E-state index < -0.39 is 5.97 Å². The van der Waals surface area contributed by atoms with Crippen molar-refractivity contribution >= 4 is 17.6 Å². The monoisotopic (exact) mass is 270 g/mol. The average molecular weight is 270 g/mol. The van der Waals surface area contributed by atoms with Gasteiger partial charge in [-0.15, -0.1) is 5.10 Å². The number of aromatic nitrogens is 5. The Hall–Kier alpha value is -3.03. The third kappa shape index (κ3) is 1.83. The number of methoxy groups -OCH3 is 1. The maximum absolute atomic E-state index is 11.5. The van der Waals surface area contributed by atoms with Crippen LogP contribution in [0.15, 0.2) is 30.6 Å². The number of hydrogen-bond donors (Lipinski definition) is 1. The van der Waals surface area contributed by atoms with E-state index in [1.165, 1.54) is 17.8 Å². The molecule has 0 saturated heterocycles. The van der Waals surface area contributed by atoms with Crippen molar-refractivity contribution < 1.29 is 9.53 Å². The molecule has 0 radical (unpaired) electrons. The summed E-state index contributed by atoms with van der Waals surface area (Å²) in [4.78, 5) is 23.9. The maximum atomic E-state index is 11.5. The number of carbonyl (C=O) groups excluding carboxylic acids is 1. The van der Waals surface area contributed by atoms with Crippen LogP contribution >= 0.6 is 0 Å². The number of nitrogen functional groups attached to an aromatic ring is 1. The van der Waals surface area contributed by atoms with Gasteiger partial charge in [0.15, 0.2) is 0 Å². The number of carbonyl (C=O) groups is 1. The first-order chi connectivity index (χ1) is 9.70. The molecular formula is C12H10N6O2. The summed E-state index contributed by atoms with van der Waals surface area (Å²) < 4.78 is 5.91. The molecule has 0 unspecified atom stereocenters. The predicted octanol–water partition coefficient (Wildman–Crippen LogP) is 0.555. The Morgan fingerprint density at radius 1 is 1.35 bits per heavy atom. The second-order valence-electron chi connectivity index (χ2n) is 3.91. The number of anilines is 1. The first-order valence-electron chi connectivity index (χ1n) is 5.71. The lowest BCUT2D eigenvalue weighted by Crippen LogP contribution is -2.11. The molecule has 3 rings (SSSR count). The van der Waals surface area contributed by atoms with E-state index in [9.17, 15) is 4.79 Å². The smallest absolute Gasteiger partial charge is 0.343 e. The second-order valence-corrected chi connectivity index (χ2v) is 3.91. The first kappa shape index (κ1) is 12.0. The summed E-state index contributed by atoms with van der Waals surface area (Å²) in [6, 6.07) is 5.39. The van der Waals surface area contributed by atoms with E-state index >= 15 is 0 Å². The van der Waals surface area contributed by atoms with Crippen molar-refractivity contribution in [3.63, 3.8) is 0 Å². The fraction of sp³-hybridized carbons (Fsp3) is 0.0833. The van der Waals surface area contributed by atoms with Gasteiger partial charge in [-0.3, -0.25) is 4.98 Å². The molecule has 0 bridgehead atoms. The topological polar surface area (TPSA) is 108 Å². The third-order valence-corrected chi connectivity index (χ3v) is 2.70. The van der Waals surface area contributed by atoms with Crippen LogP contribution in [-0.4, -0.2) is 37.6 Å². The highest BCUT2D eigenvalue weighted by atomic mass is 16.5. The highest BCUT2D eigenvalue weighted by Crippen LogP contribution is 2.17. The van der Waals surface area contributed by atoms with Crippen LogP contribution < -0.4 is 5.73 Å². The molecule has 20 heavy (non-hydrogen) atoms. The zero-order valence-corrected chi connectivity index (χ0v) is 10.5. The zero-order valence-electron chi connectivity index (χ0n) is 10.5. The van der Waals surface area contributed by atoms with E-state index in [4.69, 9.17) is 5.73 Å². The lowest BCUT2D eigenvalue weighted by Gasteiger charge is -2.03. The molecule has 0 amide bonds. The molecule has 2 N–H and O–H groups in total. The summed E-state index contributed by atoms with van der Waals surface area (Å²) in [5.41, 5.74) is 6.62. The Kier molecular flexibility index (Phi) is 2.75. The molecule has 0 aromatic carbocycles. The Bertz CT molecular complexity index is 783. The molecule has 3 aromatic heterocycles. The van der Waals surface area contributed by atoms with E-state index in [1.54, 1.807) is 18.3 Å². The number of ether oxygens (including phenoxy) is 1. The minimum Gasteiger partial charge on any atom is -0.465 e. The van der Waals surface area contributed by atoms with Crippen molar-refractivity contribution in [3.8, 4) is 11.5 Å². The Balaban J connectivity index is 2.17. The van der Waals surface area contributed by atoms with Gasteiger partial charge in [-0.2, -0.15) is 9.50 Å². The maximum Gasteiger partial charge on any atom is 0.343 e. The minimum atomic E-state index is -0.577. The van der Waals surface area contributed by atoms with Gasteiger partial charge in [0.05, 0.1) is 7.11 Å². The number of pyridine rings is 1. The summed E-state index contributed by atoms with van der Waals surface area (Å²) in [5, 5.41) is 4.21. The first-order valence-corrected chi connectivity index (χ1v) is 5.71. The van der Waals surface area contributed by atoms with E-state index in [0.717, 1.165) is 0 Å². The van der Waals surface area contributed by atoms with Crippen molar-refractivity contribution in [2.45, 2.75) is 0 Å². The van der Waals surface area contributed by atoms with Crippen LogP contribution in [0.4, 0.5) is 5.82 Å². The molecule has 0 aliphatic heterocycles. The molecule has 0 atom stereocenters. The summed E-state index contributed by atoms with van der Waals surface area (Å²) in [7, 11) is 1.27. The average Bonchev–Trinajstić information content (AvgIpc) is 2.93. The molecule has 0 aliphatic carbocycles. The van der Waals surface area contributed by atoms with E-state index in [2.05, 4.69) is 24.8 Å². The van der Waals surface area contributed by atoms with Crippen LogP contribution in [0.25, 0.3) is 17.3 Å². The van der Waals surface area contributed by atoms with Crippen molar-refractivity contribution in [2.24, 2.45) is 0 Å². The lowest BCUT2D eigenvalue weighted by atomic mass is 10.3. The standard InChI is InChI=1S/C12H10N6O2/c1-20-11(19)7-6-15-12-16-10(17-18(12)9(7)13)8-4-2-3-5-14-8/h2-6H,13H2,1H3. The van der Waals surface area contributed by atoms with Crippen LogP contribution in [0.3, 0.4) is 0 Å². The zero-order chi connectivity index (χ0) is 14.1. The summed E-state index contributed by atoms with van der Waals surface area (Å²) in [5.74, 6) is 0.214. The molecule has 100 valence electrons. The Labute approximate surface area is 113 Å². The number of esters is 1. The van der Waals surface area contributed by atoms with Gasteiger partial charge in [0, 0.05) is 12.4 Å². The van der Waals surface area contributed by atoms with Gasteiger partial charge in [0.2, 0.25) is 5.82 Å². The van der Waals surface area contributed by atoms with E-state index in [-0.39, 0.29) is 17.2 Å². The lowest BCUT2D eigenvalue weighted by molar-refractivity contribution is 0.0601. The van der Waals surface area contributed by atoms with Crippen molar-refractivity contribution in [3.05, 3.63) is 36.2 Å². The number of hydrogen-bond acceptors (Lipinski definition) is 7. The highest BCUT2D eigenvalue weighted by molar-refractivity contribution is 5.94. The van der Waals surface area contributed by atoms with Gasteiger partial charge < -0.3 is 10.5 Å². The minimum absolute atomic E-state index is 0.122. The number of rotatable bonds is 2. The van der Waals surface area contributed by atoms with E-state index in [1.807, 2.05) is 6.07 Å². The second kappa shape index (κ2) is 4.57. The van der Waals surface area contributed by atoms with E-state index in [0.29, 0.717) is 11.5 Å². The summed E-state index contributed by atoms with van der Waals surface area (Å²) in [6.45, 7) is 0. The van der Waals surface area contributed by atoms with Crippen LogP contribution in [0.5, 0.6) is 0 Å². The number of nitrogens with two attached hydrogens (primary N) is 1. The largest absolute Gasteiger partial charge is 0.465 e.